The largest absolute Gasteiger partial charge is 0.573 e. The molecule has 0 aliphatic rings. The monoisotopic (exact) mass is 411 g/mol. The molecule has 0 radical (unpaired) electrons. The first-order valence-corrected chi connectivity index (χ1v) is 9.09. The minimum Gasteiger partial charge on any atom is -0.406 e. The number of hydrogen-bond acceptors (Lipinski definition) is 5. The van der Waals surface area contributed by atoms with E-state index in [0.717, 1.165) is 22.3 Å². The van der Waals surface area contributed by atoms with Gasteiger partial charge in [-0.3, -0.25) is 4.98 Å². The quantitative estimate of drug-likeness (QED) is 0.412. The Labute approximate surface area is 170 Å². The van der Waals surface area contributed by atoms with Crippen LogP contribution in [-0.4, -0.2) is 21.5 Å². The molecule has 0 saturated heterocycles. The Morgan fingerprint density at radius 3 is 2.03 bits per heavy atom. The topological polar surface area (TPSA) is 61.0 Å². The van der Waals surface area contributed by atoms with Crippen LogP contribution in [0.5, 0.6) is 5.75 Å². The first-order chi connectivity index (χ1) is 14.4. The molecule has 152 valence electrons. The highest BCUT2D eigenvalue weighted by molar-refractivity contribution is 5.64. The molecular formula is C22H16F3N3O2. The van der Waals surface area contributed by atoms with Crippen LogP contribution in [0.3, 0.4) is 0 Å². The van der Waals surface area contributed by atoms with Gasteiger partial charge in [-0.1, -0.05) is 41.6 Å². The molecule has 4 aromatic rings. The van der Waals surface area contributed by atoms with Gasteiger partial charge in [0.05, 0.1) is 5.92 Å². The van der Waals surface area contributed by atoms with Crippen LogP contribution >= 0.6 is 0 Å². The maximum absolute atomic E-state index is 12.3. The summed E-state index contributed by atoms with van der Waals surface area (Å²) in [5.74, 6) is 0.614. The van der Waals surface area contributed by atoms with Gasteiger partial charge < -0.3 is 9.26 Å². The first-order valence-electron chi connectivity index (χ1n) is 9.09. The molecule has 0 fully saturated rings. The summed E-state index contributed by atoms with van der Waals surface area (Å²) in [7, 11) is 0. The summed E-state index contributed by atoms with van der Waals surface area (Å²) in [6, 6.07) is 17.0. The van der Waals surface area contributed by atoms with Crippen molar-refractivity contribution in [1.29, 1.82) is 0 Å². The molecule has 0 aliphatic heterocycles. The van der Waals surface area contributed by atoms with E-state index in [1.54, 1.807) is 36.7 Å². The van der Waals surface area contributed by atoms with Crippen molar-refractivity contribution in [3.05, 3.63) is 84.5 Å². The molecule has 0 aliphatic carbocycles. The van der Waals surface area contributed by atoms with E-state index in [0.29, 0.717) is 11.7 Å². The number of halogens is 3. The van der Waals surface area contributed by atoms with Crippen molar-refractivity contribution in [2.24, 2.45) is 0 Å². The standard InChI is InChI=1S/C22H16F3N3O2/c1-14(21-27-20(28-30-21)18-10-12-26-13-11-18)15-2-4-16(5-3-15)17-6-8-19(9-7-17)29-22(23,24)25/h2-14H,1H3. The van der Waals surface area contributed by atoms with E-state index < -0.39 is 6.36 Å². The van der Waals surface area contributed by atoms with Crippen LogP contribution in [0.25, 0.3) is 22.5 Å². The predicted octanol–water partition coefficient (Wildman–Crippen LogP) is 5.85. The fraction of sp³-hybridized carbons (Fsp3) is 0.136. The molecule has 5 nitrogen and oxygen atoms in total. The van der Waals surface area contributed by atoms with Gasteiger partial charge >= 0.3 is 6.36 Å². The molecule has 1 unspecified atom stereocenters. The minimum absolute atomic E-state index is 0.121. The normalized spacial score (nSPS) is 12.5. The minimum atomic E-state index is -4.70. The Bertz CT molecular complexity index is 1110. The molecular weight excluding hydrogens is 395 g/mol. The number of nitrogens with zero attached hydrogens (tertiary/aromatic N) is 3. The Balaban J connectivity index is 1.49. The SMILES string of the molecule is CC(c1ccc(-c2ccc(OC(F)(F)F)cc2)cc1)c1nc(-c2ccncc2)no1. The van der Waals surface area contributed by atoms with Crippen LogP contribution in [0.4, 0.5) is 13.2 Å². The lowest BCUT2D eigenvalue weighted by Gasteiger charge is -2.10. The highest BCUT2D eigenvalue weighted by Crippen LogP contribution is 2.29. The van der Waals surface area contributed by atoms with Gasteiger partial charge in [-0.25, -0.2) is 0 Å². The zero-order valence-electron chi connectivity index (χ0n) is 15.8. The summed E-state index contributed by atoms with van der Waals surface area (Å²) in [6.07, 6.45) is -1.38. The molecule has 0 spiro atoms. The van der Waals surface area contributed by atoms with E-state index >= 15 is 0 Å². The molecule has 8 heteroatoms. The summed E-state index contributed by atoms with van der Waals surface area (Å²) in [5.41, 5.74) is 3.44. The van der Waals surface area contributed by atoms with E-state index in [1.807, 2.05) is 31.2 Å². The second kappa shape index (κ2) is 7.98. The molecule has 2 heterocycles. The Morgan fingerprint density at radius 2 is 1.43 bits per heavy atom. The number of pyridine rings is 1. The maximum Gasteiger partial charge on any atom is 0.573 e. The van der Waals surface area contributed by atoms with Crippen molar-refractivity contribution < 1.29 is 22.4 Å². The van der Waals surface area contributed by atoms with Gasteiger partial charge in [-0.05, 0) is 47.9 Å². The number of benzene rings is 2. The molecule has 1 atom stereocenters. The van der Waals surface area contributed by atoms with E-state index in [4.69, 9.17) is 4.52 Å². The number of alkyl halides is 3. The lowest BCUT2D eigenvalue weighted by molar-refractivity contribution is -0.274. The third-order valence-electron chi connectivity index (χ3n) is 4.58. The fourth-order valence-electron chi connectivity index (χ4n) is 2.99. The third-order valence-corrected chi connectivity index (χ3v) is 4.58. The van der Waals surface area contributed by atoms with Gasteiger partial charge in [-0.2, -0.15) is 4.98 Å². The first kappa shape index (κ1) is 19.6. The summed E-state index contributed by atoms with van der Waals surface area (Å²) in [5, 5.41) is 4.03. The Hall–Kier alpha value is -3.68. The lowest BCUT2D eigenvalue weighted by Crippen LogP contribution is -2.16. The van der Waals surface area contributed by atoms with Crippen molar-refractivity contribution in [2.45, 2.75) is 19.2 Å². The summed E-state index contributed by atoms with van der Waals surface area (Å²) < 4.78 is 46.2. The van der Waals surface area contributed by atoms with Crippen molar-refractivity contribution in [1.82, 2.24) is 15.1 Å². The maximum atomic E-state index is 12.3. The molecule has 0 N–H and O–H groups in total. The number of aromatic nitrogens is 3. The van der Waals surface area contributed by atoms with Crippen molar-refractivity contribution in [3.8, 4) is 28.3 Å². The second-order valence-electron chi connectivity index (χ2n) is 6.61. The van der Waals surface area contributed by atoms with Crippen molar-refractivity contribution in [2.75, 3.05) is 0 Å². The summed E-state index contributed by atoms with van der Waals surface area (Å²) >= 11 is 0. The van der Waals surface area contributed by atoms with Crippen LogP contribution in [-0.2, 0) is 0 Å². The third kappa shape index (κ3) is 4.48. The Morgan fingerprint density at radius 1 is 0.833 bits per heavy atom. The Kier molecular flexibility index (Phi) is 5.22. The van der Waals surface area contributed by atoms with E-state index in [9.17, 15) is 13.2 Å². The predicted molar refractivity (Wildman–Crippen MR) is 104 cm³/mol. The molecule has 2 aromatic heterocycles. The van der Waals surface area contributed by atoms with Gasteiger partial charge in [0.1, 0.15) is 5.75 Å². The fourth-order valence-corrected chi connectivity index (χ4v) is 2.99. The van der Waals surface area contributed by atoms with Crippen LogP contribution < -0.4 is 4.74 Å². The van der Waals surface area contributed by atoms with Crippen LogP contribution in [0.1, 0.15) is 24.3 Å². The van der Waals surface area contributed by atoms with Crippen LogP contribution in [0, 0.1) is 0 Å². The van der Waals surface area contributed by atoms with Crippen LogP contribution in [0.15, 0.2) is 77.6 Å². The van der Waals surface area contributed by atoms with E-state index in [1.165, 1.54) is 12.1 Å². The zero-order valence-corrected chi connectivity index (χ0v) is 15.8. The van der Waals surface area contributed by atoms with Gasteiger partial charge in [0.25, 0.3) is 0 Å². The second-order valence-corrected chi connectivity index (χ2v) is 6.61. The van der Waals surface area contributed by atoms with E-state index in [2.05, 4.69) is 19.9 Å². The average molecular weight is 411 g/mol. The number of rotatable bonds is 5. The molecule has 0 amide bonds. The highest BCUT2D eigenvalue weighted by atomic mass is 19.4. The van der Waals surface area contributed by atoms with Gasteiger partial charge in [0, 0.05) is 18.0 Å². The summed E-state index contributed by atoms with van der Waals surface area (Å²) in [6.45, 7) is 1.96. The van der Waals surface area contributed by atoms with Crippen molar-refractivity contribution in [3.63, 3.8) is 0 Å². The summed E-state index contributed by atoms with van der Waals surface area (Å²) in [4.78, 5) is 8.44. The molecule has 4 rings (SSSR count). The van der Waals surface area contributed by atoms with E-state index in [-0.39, 0.29) is 11.7 Å². The van der Waals surface area contributed by atoms with Gasteiger partial charge in [0.15, 0.2) is 0 Å². The lowest BCUT2D eigenvalue weighted by atomic mass is 9.97. The highest BCUT2D eigenvalue weighted by Gasteiger charge is 2.31. The molecule has 30 heavy (non-hydrogen) atoms. The van der Waals surface area contributed by atoms with Gasteiger partial charge in [0.2, 0.25) is 11.7 Å². The zero-order chi connectivity index (χ0) is 21.1. The van der Waals surface area contributed by atoms with Gasteiger partial charge in [-0.15, -0.1) is 13.2 Å². The average Bonchev–Trinajstić information content (AvgIpc) is 3.24. The molecule has 0 bridgehead atoms. The smallest absolute Gasteiger partial charge is 0.406 e. The number of hydrogen-bond donors (Lipinski definition) is 0. The molecule has 2 aromatic carbocycles. The molecule has 0 saturated carbocycles. The van der Waals surface area contributed by atoms with Crippen molar-refractivity contribution >= 4 is 0 Å². The van der Waals surface area contributed by atoms with Crippen LogP contribution in [0.2, 0.25) is 0 Å². The number of ether oxygens (including phenoxy) is 1.